The van der Waals surface area contributed by atoms with Crippen molar-refractivity contribution in [3.05, 3.63) is 64.7 Å². The summed E-state index contributed by atoms with van der Waals surface area (Å²) < 4.78 is 5.80. The Balaban J connectivity index is 1.54. The molecule has 1 unspecified atom stereocenters. The van der Waals surface area contributed by atoms with Gasteiger partial charge in [0.25, 0.3) is 5.91 Å². The fraction of sp³-hybridized carbons (Fsp3) is 0.409. The molecule has 144 valence electrons. The van der Waals surface area contributed by atoms with E-state index in [2.05, 4.69) is 36.1 Å². The van der Waals surface area contributed by atoms with Gasteiger partial charge in [-0.25, -0.2) is 0 Å². The number of benzene rings is 2. The van der Waals surface area contributed by atoms with Crippen LogP contribution in [-0.2, 0) is 11.3 Å². The lowest BCUT2D eigenvalue weighted by molar-refractivity contribution is -0.137. The summed E-state index contributed by atoms with van der Waals surface area (Å²) in [7, 11) is 0. The first-order chi connectivity index (χ1) is 13.0. The Kier molecular flexibility index (Phi) is 6.75. The number of carbonyl (C=O) groups excluding carboxylic acids is 1. The third kappa shape index (κ3) is 5.47. The summed E-state index contributed by atoms with van der Waals surface area (Å²) >= 11 is 5.90. The third-order valence-corrected chi connectivity index (χ3v) is 5.28. The number of halogens is 1. The number of hydrogen-bond acceptors (Lipinski definition) is 3. The van der Waals surface area contributed by atoms with Crippen LogP contribution in [0.1, 0.15) is 24.5 Å². The van der Waals surface area contributed by atoms with Crippen LogP contribution in [-0.4, -0.2) is 48.0 Å². The van der Waals surface area contributed by atoms with Crippen molar-refractivity contribution in [3.8, 4) is 5.75 Å². The van der Waals surface area contributed by atoms with E-state index in [4.69, 9.17) is 16.3 Å². The Morgan fingerprint density at radius 2 is 1.81 bits per heavy atom. The molecule has 2 aromatic rings. The van der Waals surface area contributed by atoms with Crippen molar-refractivity contribution in [2.45, 2.75) is 32.9 Å². The summed E-state index contributed by atoms with van der Waals surface area (Å²) in [6, 6.07) is 15.6. The first kappa shape index (κ1) is 19.7. The topological polar surface area (TPSA) is 32.8 Å². The van der Waals surface area contributed by atoms with Gasteiger partial charge in [0, 0.05) is 37.7 Å². The fourth-order valence-electron chi connectivity index (χ4n) is 3.40. The van der Waals surface area contributed by atoms with E-state index in [-0.39, 0.29) is 5.91 Å². The van der Waals surface area contributed by atoms with Gasteiger partial charge in [-0.2, -0.15) is 0 Å². The Morgan fingerprint density at radius 3 is 2.56 bits per heavy atom. The van der Waals surface area contributed by atoms with E-state index in [0.717, 1.165) is 39.1 Å². The molecule has 1 heterocycles. The lowest BCUT2D eigenvalue weighted by Crippen LogP contribution is -2.42. The maximum Gasteiger partial charge on any atom is 0.263 e. The SMILES string of the molecule is Cc1ccccc1CN1CCCN(C(=O)C(C)Oc2ccc(Cl)cc2)CC1. The van der Waals surface area contributed by atoms with Crippen LogP contribution < -0.4 is 4.74 Å². The minimum absolute atomic E-state index is 0.0442. The van der Waals surface area contributed by atoms with Crippen molar-refractivity contribution < 1.29 is 9.53 Å². The molecule has 1 aliphatic rings. The van der Waals surface area contributed by atoms with Crippen LogP contribution in [0, 0.1) is 6.92 Å². The van der Waals surface area contributed by atoms with Gasteiger partial charge in [0.05, 0.1) is 0 Å². The predicted molar refractivity (Wildman–Crippen MR) is 109 cm³/mol. The molecule has 2 aromatic carbocycles. The van der Waals surface area contributed by atoms with Gasteiger partial charge >= 0.3 is 0 Å². The highest BCUT2D eigenvalue weighted by Gasteiger charge is 2.24. The molecule has 0 bridgehead atoms. The molecule has 5 heteroatoms. The molecular weight excluding hydrogens is 360 g/mol. The Hall–Kier alpha value is -2.04. The molecular formula is C22H27ClN2O2. The Bertz CT molecular complexity index is 763. The first-order valence-corrected chi connectivity index (χ1v) is 9.88. The monoisotopic (exact) mass is 386 g/mol. The zero-order valence-corrected chi connectivity index (χ0v) is 16.8. The molecule has 0 N–H and O–H groups in total. The van der Waals surface area contributed by atoms with Crippen molar-refractivity contribution in [1.82, 2.24) is 9.80 Å². The maximum atomic E-state index is 12.8. The molecule has 0 aliphatic carbocycles. The van der Waals surface area contributed by atoms with E-state index >= 15 is 0 Å². The molecule has 0 aromatic heterocycles. The second-order valence-electron chi connectivity index (χ2n) is 7.10. The van der Waals surface area contributed by atoms with Crippen LogP contribution in [0.3, 0.4) is 0 Å². The lowest BCUT2D eigenvalue weighted by atomic mass is 10.1. The summed E-state index contributed by atoms with van der Waals surface area (Å²) in [5.74, 6) is 0.707. The average Bonchev–Trinajstić information content (AvgIpc) is 2.90. The molecule has 1 saturated heterocycles. The quantitative estimate of drug-likeness (QED) is 0.773. The summed E-state index contributed by atoms with van der Waals surface area (Å²) in [4.78, 5) is 17.2. The van der Waals surface area contributed by atoms with Gasteiger partial charge in [-0.1, -0.05) is 35.9 Å². The highest BCUT2D eigenvalue weighted by atomic mass is 35.5. The van der Waals surface area contributed by atoms with E-state index < -0.39 is 6.10 Å². The first-order valence-electron chi connectivity index (χ1n) is 9.51. The molecule has 1 aliphatic heterocycles. The van der Waals surface area contributed by atoms with Gasteiger partial charge < -0.3 is 9.64 Å². The lowest BCUT2D eigenvalue weighted by Gasteiger charge is -2.25. The number of amides is 1. The zero-order valence-electron chi connectivity index (χ0n) is 16.0. The number of ether oxygens (including phenoxy) is 1. The number of nitrogens with zero attached hydrogens (tertiary/aromatic N) is 2. The second kappa shape index (κ2) is 9.25. The summed E-state index contributed by atoms with van der Waals surface area (Å²) in [5, 5.41) is 0.655. The average molecular weight is 387 g/mol. The van der Waals surface area contributed by atoms with Crippen LogP contribution in [0.2, 0.25) is 5.02 Å². The number of hydrogen-bond donors (Lipinski definition) is 0. The van der Waals surface area contributed by atoms with Gasteiger partial charge in [0.15, 0.2) is 6.10 Å². The molecule has 27 heavy (non-hydrogen) atoms. The van der Waals surface area contributed by atoms with Crippen LogP contribution in [0.25, 0.3) is 0 Å². The van der Waals surface area contributed by atoms with E-state index in [1.54, 1.807) is 24.3 Å². The minimum Gasteiger partial charge on any atom is -0.481 e. The van der Waals surface area contributed by atoms with E-state index in [0.29, 0.717) is 10.8 Å². The van der Waals surface area contributed by atoms with Crippen molar-refractivity contribution >= 4 is 17.5 Å². The van der Waals surface area contributed by atoms with Crippen molar-refractivity contribution in [2.75, 3.05) is 26.2 Å². The Morgan fingerprint density at radius 1 is 1.07 bits per heavy atom. The molecule has 0 saturated carbocycles. The normalized spacial score (nSPS) is 16.6. The molecule has 0 radical (unpaired) electrons. The standard InChI is InChI=1S/C22H27ClN2O2/c1-17-6-3-4-7-19(17)16-24-12-5-13-25(15-14-24)22(26)18(2)27-21-10-8-20(23)9-11-21/h3-4,6-11,18H,5,12-16H2,1-2H3. The molecule has 1 atom stereocenters. The van der Waals surface area contributed by atoms with E-state index in [9.17, 15) is 4.79 Å². The molecule has 1 amide bonds. The van der Waals surface area contributed by atoms with Gasteiger partial charge in [0.2, 0.25) is 0 Å². The van der Waals surface area contributed by atoms with Crippen LogP contribution >= 0.6 is 11.6 Å². The van der Waals surface area contributed by atoms with Crippen molar-refractivity contribution in [2.24, 2.45) is 0 Å². The van der Waals surface area contributed by atoms with Crippen LogP contribution in [0.4, 0.5) is 0 Å². The number of carbonyl (C=O) groups is 1. The highest BCUT2D eigenvalue weighted by Crippen LogP contribution is 2.18. The summed E-state index contributed by atoms with van der Waals surface area (Å²) in [6.07, 6.45) is 0.472. The fourth-order valence-corrected chi connectivity index (χ4v) is 3.53. The molecule has 1 fully saturated rings. The molecule has 0 spiro atoms. The van der Waals surface area contributed by atoms with Crippen LogP contribution in [0.5, 0.6) is 5.75 Å². The van der Waals surface area contributed by atoms with Crippen molar-refractivity contribution in [3.63, 3.8) is 0 Å². The van der Waals surface area contributed by atoms with Gasteiger partial charge in [-0.05, 0) is 55.7 Å². The largest absolute Gasteiger partial charge is 0.481 e. The summed E-state index contributed by atoms with van der Waals surface area (Å²) in [5.41, 5.74) is 2.68. The van der Waals surface area contributed by atoms with E-state index in [1.807, 2.05) is 11.8 Å². The summed E-state index contributed by atoms with van der Waals surface area (Å²) in [6.45, 7) is 8.30. The maximum absolute atomic E-state index is 12.8. The van der Waals surface area contributed by atoms with Crippen LogP contribution in [0.15, 0.2) is 48.5 Å². The van der Waals surface area contributed by atoms with Gasteiger partial charge in [-0.15, -0.1) is 0 Å². The van der Waals surface area contributed by atoms with Gasteiger partial charge in [-0.3, -0.25) is 9.69 Å². The van der Waals surface area contributed by atoms with E-state index in [1.165, 1.54) is 11.1 Å². The highest BCUT2D eigenvalue weighted by molar-refractivity contribution is 6.30. The van der Waals surface area contributed by atoms with Gasteiger partial charge in [0.1, 0.15) is 5.75 Å². The number of aryl methyl sites for hydroxylation is 1. The second-order valence-corrected chi connectivity index (χ2v) is 7.53. The predicted octanol–water partition coefficient (Wildman–Crippen LogP) is 4.15. The molecule has 3 rings (SSSR count). The number of rotatable bonds is 5. The van der Waals surface area contributed by atoms with Crippen molar-refractivity contribution in [1.29, 1.82) is 0 Å². The molecule has 4 nitrogen and oxygen atoms in total. The minimum atomic E-state index is -0.505. The third-order valence-electron chi connectivity index (χ3n) is 5.03. The smallest absolute Gasteiger partial charge is 0.263 e. The zero-order chi connectivity index (χ0) is 19.2. The Labute approximate surface area is 166 Å².